The van der Waals surface area contributed by atoms with E-state index in [9.17, 15) is 9.90 Å². The molecule has 0 aliphatic heterocycles. The van der Waals surface area contributed by atoms with Gasteiger partial charge in [-0.15, -0.1) is 6.58 Å². The summed E-state index contributed by atoms with van der Waals surface area (Å²) in [6, 6.07) is 10.3. The number of Topliss-reactive ketones (excluding diaryl/α,β-unsaturated/α-hetero) is 1. The van der Waals surface area contributed by atoms with Gasteiger partial charge in [-0.2, -0.15) is 0 Å². The van der Waals surface area contributed by atoms with Crippen molar-refractivity contribution in [2.24, 2.45) is 0 Å². The van der Waals surface area contributed by atoms with E-state index < -0.39 is 6.10 Å². The Morgan fingerprint density at radius 2 is 2.00 bits per heavy atom. The maximum Gasteiger partial charge on any atom is 0.135 e. The van der Waals surface area contributed by atoms with Crippen molar-refractivity contribution in [1.82, 2.24) is 0 Å². The molecular formula is C18H24O2. The Morgan fingerprint density at radius 3 is 2.65 bits per heavy atom. The minimum Gasteiger partial charge on any atom is -0.392 e. The number of hydrogen-bond acceptors (Lipinski definition) is 2. The van der Waals surface area contributed by atoms with E-state index in [1.807, 2.05) is 18.2 Å². The van der Waals surface area contributed by atoms with Gasteiger partial charge in [0.05, 0.1) is 6.10 Å². The molecule has 2 heteroatoms. The highest BCUT2D eigenvalue weighted by Gasteiger charge is 2.09. The number of hydrogen-bond donors (Lipinski definition) is 1. The molecular weight excluding hydrogens is 248 g/mol. The Bertz CT molecular complexity index is 446. The quantitative estimate of drug-likeness (QED) is 0.693. The highest BCUT2D eigenvalue weighted by atomic mass is 16.3. The van der Waals surface area contributed by atoms with Gasteiger partial charge in [0, 0.05) is 12.8 Å². The molecule has 1 aromatic rings. The largest absolute Gasteiger partial charge is 0.392 e. The van der Waals surface area contributed by atoms with E-state index in [-0.39, 0.29) is 12.2 Å². The number of carbonyl (C=O) groups is 1. The van der Waals surface area contributed by atoms with Crippen molar-refractivity contribution in [3.63, 3.8) is 0 Å². The zero-order valence-corrected chi connectivity index (χ0v) is 12.2. The summed E-state index contributed by atoms with van der Waals surface area (Å²) in [6.45, 7) is 5.61. The molecule has 0 aromatic heterocycles. The van der Waals surface area contributed by atoms with Gasteiger partial charge in [-0.05, 0) is 31.7 Å². The third-order valence-corrected chi connectivity index (χ3v) is 3.23. The lowest BCUT2D eigenvalue weighted by Crippen LogP contribution is -2.12. The van der Waals surface area contributed by atoms with Gasteiger partial charge in [-0.3, -0.25) is 4.79 Å². The highest BCUT2D eigenvalue weighted by Crippen LogP contribution is 2.10. The van der Waals surface area contributed by atoms with Crippen molar-refractivity contribution in [2.75, 3.05) is 0 Å². The molecule has 2 nitrogen and oxygen atoms in total. The Balaban J connectivity index is 2.30. The van der Waals surface area contributed by atoms with Gasteiger partial charge in [0.1, 0.15) is 5.78 Å². The first-order valence-electron chi connectivity index (χ1n) is 7.12. The van der Waals surface area contributed by atoms with Crippen LogP contribution in [-0.4, -0.2) is 17.0 Å². The van der Waals surface area contributed by atoms with Crippen molar-refractivity contribution in [3.05, 3.63) is 60.2 Å². The number of carbonyl (C=O) groups excluding carboxylic acids is 1. The zero-order valence-electron chi connectivity index (χ0n) is 12.2. The first kappa shape index (κ1) is 16.4. The lowest BCUT2D eigenvalue weighted by Gasteiger charge is -2.07. The summed E-state index contributed by atoms with van der Waals surface area (Å²) in [5.74, 6) is 0.117. The van der Waals surface area contributed by atoms with Crippen LogP contribution >= 0.6 is 0 Å². The third kappa shape index (κ3) is 7.05. The molecule has 1 rings (SSSR count). The van der Waals surface area contributed by atoms with E-state index in [0.717, 1.165) is 12.8 Å². The fourth-order valence-electron chi connectivity index (χ4n) is 1.99. The van der Waals surface area contributed by atoms with E-state index >= 15 is 0 Å². The second-order valence-electron chi connectivity index (χ2n) is 5.16. The molecule has 0 radical (unpaired) electrons. The van der Waals surface area contributed by atoms with E-state index in [1.165, 1.54) is 11.1 Å². The molecule has 0 aliphatic rings. The van der Waals surface area contributed by atoms with Crippen LogP contribution in [0.1, 0.15) is 38.2 Å². The van der Waals surface area contributed by atoms with Gasteiger partial charge < -0.3 is 5.11 Å². The Labute approximate surface area is 121 Å². The molecule has 1 aromatic carbocycles. The fraction of sp³-hybridized carbons (Fsp3) is 0.389. The lowest BCUT2D eigenvalue weighted by atomic mass is 10.0. The molecule has 0 heterocycles. The molecule has 0 saturated heterocycles. The summed E-state index contributed by atoms with van der Waals surface area (Å²) in [6.07, 6.45) is 6.13. The highest BCUT2D eigenvalue weighted by molar-refractivity contribution is 5.79. The average molecular weight is 272 g/mol. The number of benzene rings is 1. The molecule has 20 heavy (non-hydrogen) atoms. The molecule has 0 fully saturated rings. The van der Waals surface area contributed by atoms with Crippen molar-refractivity contribution in [3.8, 4) is 0 Å². The van der Waals surface area contributed by atoms with Gasteiger partial charge in [-0.1, -0.05) is 48.1 Å². The van der Waals surface area contributed by atoms with Crippen LogP contribution in [0.25, 0.3) is 0 Å². The first-order valence-corrected chi connectivity index (χ1v) is 7.12. The van der Waals surface area contributed by atoms with Crippen LogP contribution in [0.2, 0.25) is 0 Å². The van der Waals surface area contributed by atoms with Crippen LogP contribution in [0, 0.1) is 0 Å². The third-order valence-electron chi connectivity index (χ3n) is 3.23. The number of aliphatic hydroxyl groups is 1. The fourth-order valence-corrected chi connectivity index (χ4v) is 1.99. The van der Waals surface area contributed by atoms with Crippen LogP contribution in [0.3, 0.4) is 0 Å². The predicted molar refractivity (Wildman–Crippen MR) is 83.6 cm³/mol. The zero-order chi connectivity index (χ0) is 14.8. The smallest absolute Gasteiger partial charge is 0.135 e. The number of ketones is 1. The van der Waals surface area contributed by atoms with Crippen molar-refractivity contribution in [2.45, 2.75) is 45.1 Å². The summed E-state index contributed by atoms with van der Waals surface area (Å²) in [5, 5.41) is 9.53. The molecule has 1 N–H and O–H groups in total. The predicted octanol–water partition coefficient (Wildman–Crippen LogP) is 3.85. The van der Waals surface area contributed by atoms with Crippen LogP contribution in [0.5, 0.6) is 0 Å². The summed E-state index contributed by atoms with van der Waals surface area (Å²) < 4.78 is 0. The molecule has 0 saturated carbocycles. The second kappa shape index (κ2) is 9.27. The van der Waals surface area contributed by atoms with Crippen molar-refractivity contribution >= 4 is 5.78 Å². The Morgan fingerprint density at radius 1 is 1.30 bits per heavy atom. The van der Waals surface area contributed by atoms with Crippen LogP contribution < -0.4 is 0 Å². The van der Waals surface area contributed by atoms with Gasteiger partial charge in [0.15, 0.2) is 0 Å². The number of aliphatic hydroxyl groups excluding tert-OH is 1. The minimum absolute atomic E-state index is 0.117. The van der Waals surface area contributed by atoms with Gasteiger partial charge in [-0.25, -0.2) is 0 Å². The van der Waals surface area contributed by atoms with Gasteiger partial charge >= 0.3 is 0 Å². The van der Waals surface area contributed by atoms with Crippen LogP contribution in [0.15, 0.2) is 54.6 Å². The maximum absolute atomic E-state index is 11.7. The molecule has 0 amide bonds. The van der Waals surface area contributed by atoms with Crippen LogP contribution in [-0.2, 0) is 11.2 Å². The lowest BCUT2D eigenvalue weighted by molar-refractivity contribution is -0.120. The van der Waals surface area contributed by atoms with E-state index in [1.54, 1.807) is 6.08 Å². The van der Waals surface area contributed by atoms with Crippen molar-refractivity contribution in [1.29, 1.82) is 0 Å². The number of rotatable bonds is 9. The Hall–Kier alpha value is -1.67. The summed E-state index contributed by atoms with van der Waals surface area (Å²) >= 11 is 0. The summed E-state index contributed by atoms with van der Waals surface area (Å²) in [4.78, 5) is 11.7. The standard InChI is InChI=1S/C18H24O2/c1-3-7-17(19)14-18(20)13-11-15(2)10-12-16-8-5-4-6-9-16/h3-6,8-10,17,19H,1,7,11-14H2,2H3/b15-10+/t17-/m1/s1. The van der Waals surface area contributed by atoms with Gasteiger partial charge in [0.2, 0.25) is 0 Å². The molecule has 0 spiro atoms. The van der Waals surface area contributed by atoms with Crippen molar-refractivity contribution < 1.29 is 9.90 Å². The molecule has 108 valence electrons. The summed E-state index contributed by atoms with van der Waals surface area (Å²) in [7, 11) is 0. The minimum atomic E-state index is -0.575. The van der Waals surface area contributed by atoms with E-state index in [2.05, 4.69) is 31.7 Å². The molecule has 0 bridgehead atoms. The number of allylic oxidation sites excluding steroid dienone is 2. The Kier molecular flexibility index (Phi) is 7.59. The first-order chi connectivity index (χ1) is 9.61. The molecule has 0 unspecified atom stereocenters. The van der Waals surface area contributed by atoms with E-state index in [4.69, 9.17) is 0 Å². The van der Waals surface area contributed by atoms with Gasteiger partial charge in [0.25, 0.3) is 0 Å². The second-order valence-corrected chi connectivity index (χ2v) is 5.16. The van der Waals surface area contributed by atoms with Crippen LogP contribution in [0.4, 0.5) is 0 Å². The molecule has 1 atom stereocenters. The summed E-state index contributed by atoms with van der Waals surface area (Å²) in [5.41, 5.74) is 2.50. The maximum atomic E-state index is 11.7. The molecule has 0 aliphatic carbocycles. The van der Waals surface area contributed by atoms with E-state index in [0.29, 0.717) is 12.8 Å². The monoisotopic (exact) mass is 272 g/mol. The SMILES string of the molecule is C=CC[C@@H](O)CC(=O)CC/C(C)=C/Cc1ccccc1. The average Bonchev–Trinajstić information content (AvgIpc) is 2.44. The topological polar surface area (TPSA) is 37.3 Å². The normalized spacial score (nSPS) is 13.0.